The van der Waals surface area contributed by atoms with E-state index >= 15 is 0 Å². The fraction of sp³-hybridized carbons (Fsp3) is 0.667. The van der Waals surface area contributed by atoms with Crippen LogP contribution in [0, 0.1) is 17.3 Å². The highest BCUT2D eigenvalue weighted by Gasteiger charge is 2.33. The van der Waals surface area contributed by atoms with E-state index in [1.165, 1.54) is 0 Å². The molecule has 3 atom stereocenters. The van der Waals surface area contributed by atoms with E-state index in [2.05, 4.69) is 0 Å². The van der Waals surface area contributed by atoms with Gasteiger partial charge in [-0.25, -0.2) is 0 Å². The summed E-state index contributed by atoms with van der Waals surface area (Å²) in [7, 11) is 0. The van der Waals surface area contributed by atoms with Gasteiger partial charge in [-0.2, -0.15) is 0 Å². The van der Waals surface area contributed by atoms with E-state index in [0.717, 1.165) is 19.0 Å². The van der Waals surface area contributed by atoms with Gasteiger partial charge in [-0.3, -0.25) is 0 Å². The van der Waals surface area contributed by atoms with Crippen molar-refractivity contribution in [2.24, 2.45) is 17.3 Å². The van der Waals surface area contributed by atoms with Crippen LogP contribution in [-0.4, -0.2) is 12.6 Å². The third-order valence-corrected chi connectivity index (χ3v) is 2.87. The van der Waals surface area contributed by atoms with Crippen molar-refractivity contribution in [3.8, 4) is 0 Å². The normalized spacial score (nSPS) is 20.0. The summed E-state index contributed by atoms with van der Waals surface area (Å²) in [6.07, 6.45) is 6.46. The maximum absolute atomic E-state index is 11.1. The lowest BCUT2D eigenvalue weighted by atomic mass is 9.71. The van der Waals surface area contributed by atoms with Gasteiger partial charge in [0.1, 0.15) is 12.6 Å². The summed E-state index contributed by atoms with van der Waals surface area (Å²) in [5.74, 6) is 0.0140. The van der Waals surface area contributed by atoms with Crippen molar-refractivity contribution in [1.29, 1.82) is 0 Å². The molecule has 0 amide bonds. The fourth-order valence-electron chi connectivity index (χ4n) is 2.08. The molecule has 80 valence electrons. The van der Waals surface area contributed by atoms with Crippen LogP contribution in [0.3, 0.4) is 0 Å². The molecule has 3 unspecified atom stereocenters. The molecular weight excluding hydrogens is 176 g/mol. The summed E-state index contributed by atoms with van der Waals surface area (Å²) in [4.78, 5) is 21.8. The Morgan fingerprint density at radius 1 is 1.36 bits per heavy atom. The molecule has 0 radical (unpaired) electrons. The molecular formula is C12H20O2. The van der Waals surface area contributed by atoms with Crippen molar-refractivity contribution in [2.75, 3.05) is 0 Å². The van der Waals surface area contributed by atoms with Gasteiger partial charge in [-0.05, 0) is 19.8 Å². The molecule has 0 aromatic heterocycles. The van der Waals surface area contributed by atoms with Crippen LogP contribution < -0.4 is 0 Å². The zero-order chi connectivity index (χ0) is 11.2. The van der Waals surface area contributed by atoms with Crippen molar-refractivity contribution in [3.05, 3.63) is 12.2 Å². The van der Waals surface area contributed by atoms with Crippen LogP contribution in [0.5, 0.6) is 0 Å². The first-order valence-electron chi connectivity index (χ1n) is 5.11. The molecule has 0 aromatic rings. The highest BCUT2D eigenvalue weighted by atomic mass is 16.1. The van der Waals surface area contributed by atoms with E-state index in [9.17, 15) is 9.59 Å². The summed E-state index contributed by atoms with van der Waals surface area (Å²) in [6, 6.07) is 0. The molecule has 14 heavy (non-hydrogen) atoms. The van der Waals surface area contributed by atoms with E-state index < -0.39 is 5.41 Å². The van der Waals surface area contributed by atoms with Gasteiger partial charge < -0.3 is 9.59 Å². The van der Waals surface area contributed by atoms with Gasteiger partial charge in [0.15, 0.2) is 0 Å². The fourth-order valence-corrected chi connectivity index (χ4v) is 2.08. The van der Waals surface area contributed by atoms with Crippen LogP contribution in [0.25, 0.3) is 0 Å². The Morgan fingerprint density at radius 3 is 2.21 bits per heavy atom. The number of hydrogen-bond acceptors (Lipinski definition) is 2. The monoisotopic (exact) mass is 196 g/mol. The Labute approximate surface area is 86.4 Å². The van der Waals surface area contributed by atoms with Crippen molar-refractivity contribution in [2.45, 2.75) is 34.1 Å². The van der Waals surface area contributed by atoms with Crippen LogP contribution in [-0.2, 0) is 9.59 Å². The molecule has 0 rings (SSSR count). The second kappa shape index (κ2) is 5.74. The Balaban J connectivity index is 4.94. The van der Waals surface area contributed by atoms with Gasteiger partial charge in [0, 0.05) is 11.3 Å². The average Bonchev–Trinajstić information content (AvgIpc) is 2.19. The number of hydrogen-bond donors (Lipinski definition) is 0. The number of carbonyl (C=O) groups excluding carboxylic acids is 2. The van der Waals surface area contributed by atoms with Crippen LogP contribution in [0.2, 0.25) is 0 Å². The lowest BCUT2D eigenvalue weighted by Gasteiger charge is -2.31. The highest BCUT2D eigenvalue weighted by molar-refractivity contribution is 5.65. The van der Waals surface area contributed by atoms with Gasteiger partial charge in [-0.15, -0.1) is 0 Å². The molecule has 0 aromatic carbocycles. The quantitative estimate of drug-likeness (QED) is 0.483. The lowest BCUT2D eigenvalue weighted by Crippen LogP contribution is -2.32. The zero-order valence-electron chi connectivity index (χ0n) is 9.49. The van der Waals surface area contributed by atoms with Crippen LogP contribution in [0.15, 0.2) is 12.2 Å². The van der Waals surface area contributed by atoms with Gasteiger partial charge in [0.05, 0.1) is 0 Å². The molecule has 0 spiro atoms. The maximum Gasteiger partial charge on any atom is 0.129 e. The standard InChI is InChI=1S/C12H20O2/c1-5-7-12(4,9-14)11(6-2)10(3)8-13/h5,7-11H,6H2,1-4H3/b7-5+. The lowest BCUT2D eigenvalue weighted by molar-refractivity contribution is -0.119. The maximum atomic E-state index is 11.1. The van der Waals surface area contributed by atoms with Crippen LogP contribution in [0.4, 0.5) is 0 Å². The minimum Gasteiger partial charge on any atom is -0.303 e. The van der Waals surface area contributed by atoms with Gasteiger partial charge >= 0.3 is 0 Å². The third kappa shape index (κ3) is 2.79. The number of aldehydes is 2. The number of rotatable bonds is 6. The van der Waals surface area contributed by atoms with E-state index in [1.54, 1.807) is 0 Å². The first-order chi connectivity index (χ1) is 6.55. The minimum absolute atomic E-state index is 0.0774. The van der Waals surface area contributed by atoms with E-state index in [0.29, 0.717) is 0 Å². The highest BCUT2D eigenvalue weighted by Crippen LogP contribution is 2.34. The predicted octanol–water partition coefficient (Wildman–Crippen LogP) is 2.63. The van der Waals surface area contributed by atoms with E-state index in [-0.39, 0.29) is 11.8 Å². The molecule has 0 bridgehead atoms. The molecule has 0 saturated carbocycles. The number of allylic oxidation sites excluding steroid dienone is 2. The largest absolute Gasteiger partial charge is 0.303 e. The second-order valence-corrected chi connectivity index (χ2v) is 3.99. The molecule has 0 fully saturated rings. The Hall–Kier alpha value is -0.920. The van der Waals surface area contributed by atoms with Crippen molar-refractivity contribution < 1.29 is 9.59 Å². The summed E-state index contributed by atoms with van der Waals surface area (Å²) < 4.78 is 0. The van der Waals surface area contributed by atoms with Gasteiger partial charge in [0.2, 0.25) is 0 Å². The van der Waals surface area contributed by atoms with E-state index in [1.807, 2.05) is 39.8 Å². The smallest absolute Gasteiger partial charge is 0.129 e. The summed E-state index contributed by atoms with van der Waals surface area (Å²) in [5.41, 5.74) is -0.510. The van der Waals surface area contributed by atoms with Gasteiger partial charge in [-0.1, -0.05) is 32.4 Å². The summed E-state index contributed by atoms with van der Waals surface area (Å²) >= 11 is 0. The third-order valence-electron chi connectivity index (χ3n) is 2.87. The molecule has 2 nitrogen and oxygen atoms in total. The van der Waals surface area contributed by atoms with Gasteiger partial charge in [0.25, 0.3) is 0 Å². The first-order valence-corrected chi connectivity index (χ1v) is 5.11. The Bertz CT molecular complexity index is 220. The SMILES string of the molecule is C/C=C/C(C)(C=O)C(CC)C(C)C=O. The van der Waals surface area contributed by atoms with Crippen molar-refractivity contribution >= 4 is 12.6 Å². The molecule has 2 heteroatoms. The second-order valence-electron chi connectivity index (χ2n) is 3.99. The molecule has 0 aliphatic carbocycles. The van der Waals surface area contributed by atoms with Crippen molar-refractivity contribution in [1.82, 2.24) is 0 Å². The number of carbonyl (C=O) groups is 2. The minimum atomic E-state index is -0.510. The molecule has 0 aliphatic heterocycles. The van der Waals surface area contributed by atoms with Crippen LogP contribution in [0.1, 0.15) is 34.1 Å². The summed E-state index contributed by atoms with van der Waals surface area (Å²) in [5, 5.41) is 0. The van der Waals surface area contributed by atoms with Crippen molar-refractivity contribution in [3.63, 3.8) is 0 Å². The first kappa shape index (κ1) is 13.1. The molecule has 0 heterocycles. The Kier molecular flexibility index (Phi) is 5.36. The van der Waals surface area contributed by atoms with Crippen LogP contribution >= 0.6 is 0 Å². The Morgan fingerprint density at radius 2 is 1.93 bits per heavy atom. The molecule has 0 N–H and O–H groups in total. The topological polar surface area (TPSA) is 34.1 Å². The molecule has 0 saturated heterocycles. The summed E-state index contributed by atoms with van der Waals surface area (Å²) in [6.45, 7) is 7.65. The van der Waals surface area contributed by atoms with E-state index in [4.69, 9.17) is 0 Å². The zero-order valence-corrected chi connectivity index (χ0v) is 9.49. The predicted molar refractivity (Wildman–Crippen MR) is 58.0 cm³/mol. The average molecular weight is 196 g/mol. The molecule has 0 aliphatic rings.